The quantitative estimate of drug-likeness (QED) is 0.458. The van der Waals surface area contributed by atoms with Gasteiger partial charge in [0.05, 0.1) is 4.92 Å². The van der Waals surface area contributed by atoms with Crippen molar-refractivity contribution in [2.75, 3.05) is 12.0 Å². The molecule has 0 saturated carbocycles. The molecule has 0 fully saturated rings. The maximum atomic E-state index is 10.5. The van der Waals surface area contributed by atoms with Gasteiger partial charge in [-0.15, -0.1) is 0 Å². The molecular formula is C8H10N2O2S. The Labute approximate surface area is 80.3 Å². The van der Waals surface area contributed by atoms with Gasteiger partial charge in [0.15, 0.2) is 0 Å². The van der Waals surface area contributed by atoms with E-state index >= 15 is 0 Å². The average Bonchev–Trinajstić information content (AvgIpc) is 2.03. The summed E-state index contributed by atoms with van der Waals surface area (Å²) in [6, 6.07) is 4.67. The summed E-state index contributed by atoms with van der Waals surface area (Å²) in [5.74, 6) is 0.742. The van der Waals surface area contributed by atoms with Crippen LogP contribution in [-0.2, 0) is 5.75 Å². The minimum atomic E-state index is -0.430. The maximum absolute atomic E-state index is 10.5. The van der Waals surface area contributed by atoms with Gasteiger partial charge >= 0.3 is 0 Å². The lowest BCUT2D eigenvalue weighted by atomic mass is 10.2. The van der Waals surface area contributed by atoms with Crippen molar-refractivity contribution in [3.8, 4) is 0 Å². The van der Waals surface area contributed by atoms with Gasteiger partial charge in [-0.05, 0) is 17.9 Å². The number of nitrogens with zero attached hydrogens (tertiary/aromatic N) is 1. The Morgan fingerprint density at radius 2 is 2.23 bits per heavy atom. The van der Waals surface area contributed by atoms with Crippen LogP contribution in [0.3, 0.4) is 0 Å². The molecule has 0 spiro atoms. The van der Waals surface area contributed by atoms with Crippen molar-refractivity contribution in [2.45, 2.75) is 5.75 Å². The van der Waals surface area contributed by atoms with Crippen molar-refractivity contribution in [1.29, 1.82) is 0 Å². The van der Waals surface area contributed by atoms with Crippen molar-refractivity contribution in [2.24, 2.45) is 0 Å². The van der Waals surface area contributed by atoms with E-state index in [-0.39, 0.29) is 5.69 Å². The molecule has 0 aliphatic heterocycles. The molecule has 0 unspecified atom stereocenters. The van der Waals surface area contributed by atoms with Crippen molar-refractivity contribution in [3.63, 3.8) is 0 Å². The molecule has 0 aliphatic rings. The highest BCUT2D eigenvalue weighted by molar-refractivity contribution is 7.97. The topological polar surface area (TPSA) is 69.2 Å². The predicted molar refractivity (Wildman–Crippen MR) is 54.7 cm³/mol. The van der Waals surface area contributed by atoms with E-state index in [0.717, 1.165) is 11.3 Å². The summed E-state index contributed by atoms with van der Waals surface area (Å²) < 4.78 is 0. The first-order valence-corrected chi connectivity index (χ1v) is 5.05. The second-order valence-electron chi connectivity index (χ2n) is 2.62. The van der Waals surface area contributed by atoms with Gasteiger partial charge in [0.25, 0.3) is 5.69 Å². The van der Waals surface area contributed by atoms with Gasteiger partial charge in [-0.25, -0.2) is 0 Å². The number of hydrogen-bond donors (Lipinski definition) is 1. The molecule has 4 nitrogen and oxygen atoms in total. The van der Waals surface area contributed by atoms with Crippen LogP contribution in [0.5, 0.6) is 0 Å². The van der Waals surface area contributed by atoms with Crippen LogP contribution in [0.15, 0.2) is 18.2 Å². The molecule has 0 bridgehead atoms. The number of nitro benzene ring substituents is 1. The van der Waals surface area contributed by atoms with E-state index in [0.29, 0.717) is 5.69 Å². The second-order valence-corrected chi connectivity index (χ2v) is 3.49. The second kappa shape index (κ2) is 4.13. The van der Waals surface area contributed by atoms with Gasteiger partial charge in [-0.1, -0.05) is 0 Å². The molecule has 70 valence electrons. The number of non-ortho nitro benzene ring substituents is 1. The number of hydrogen-bond acceptors (Lipinski definition) is 4. The van der Waals surface area contributed by atoms with Gasteiger partial charge in [0, 0.05) is 23.6 Å². The summed E-state index contributed by atoms with van der Waals surface area (Å²) in [7, 11) is 0. The molecule has 2 N–H and O–H groups in total. The van der Waals surface area contributed by atoms with Crippen LogP contribution in [0.25, 0.3) is 0 Å². The Kier molecular flexibility index (Phi) is 3.13. The molecule has 0 saturated heterocycles. The van der Waals surface area contributed by atoms with E-state index < -0.39 is 4.92 Å². The van der Waals surface area contributed by atoms with E-state index in [4.69, 9.17) is 5.73 Å². The zero-order chi connectivity index (χ0) is 9.84. The Balaban J connectivity index is 3.03. The van der Waals surface area contributed by atoms with Gasteiger partial charge in [-0.2, -0.15) is 11.8 Å². The number of nitrogen functional groups attached to an aromatic ring is 1. The molecule has 0 amide bonds. The van der Waals surface area contributed by atoms with Gasteiger partial charge in [0.1, 0.15) is 0 Å². The molecule has 13 heavy (non-hydrogen) atoms. The number of rotatable bonds is 3. The summed E-state index contributed by atoms with van der Waals surface area (Å²) in [5.41, 5.74) is 6.90. The van der Waals surface area contributed by atoms with Crippen LogP contribution in [0.2, 0.25) is 0 Å². The molecular weight excluding hydrogens is 188 g/mol. The van der Waals surface area contributed by atoms with Gasteiger partial charge in [0.2, 0.25) is 0 Å². The molecule has 1 aromatic carbocycles. The standard InChI is InChI=1S/C8H10N2O2S/c1-13-5-6-2-7(9)4-8(3-6)10(11)12/h2-4H,5,9H2,1H3. The fraction of sp³-hybridized carbons (Fsp3) is 0.250. The summed E-state index contributed by atoms with van der Waals surface area (Å²) in [5, 5.41) is 10.5. The van der Waals surface area contributed by atoms with Crippen LogP contribution in [-0.4, -0.2) is 11.2 Å². The fourth-order valence-corrected chi connectivity index (χ4v) is 1.56. The number of nitro groups is 1. The first kappa shape index (κ1) is 9.85. The van der Waals surface area contributed by atoms with Crippen molar-refractivity contribution in [1.82, 2.24) is 0 Å². The monoisotopic (exact) mass is 198 g/mol. The molecule has 0 atom stereocenters. The first-order chi connectivity index (χ1) is 6.13. The van der Waals surface area contributed by atoms with Gasteiger partial charge < -0.3 is 5.73 Å². The number of nitrogens with two attached hydrogens (primary N) is 1. The SMILES string of the molecule is CSCc1cc(N)cc([N+](=O)[O-])c1. The third-order valence-corrected chi connectivity index (χ3v) is 2.14. The average molecular weight is 198 g/mol. The Morgan fingerprint density at radius 3 is 2.77 bits per heavy atom. The fourth-order valence-electron chi connectivity index (χ4n) is 1.06. The summed E-state index contributed by atoms with van der Waals surface area (Å²) in [6.07, 6.45) is 1.94. The molecule has 0 aromatic heterocycles. The maximum Gasteiger partial charge on any atom is 0.271 e. The molecule has 1 aromatic rings. The first-order valence-electron chi connectivity index (χ1n) is 3.66. The zero-order valence-electron chi connectivity index (χ0n) is 7.19. The molecule has 5 heteroatoms. The van der Waals surface area contributed by atoms with E-state index in [9.17, 15) is 10.1 Å². The van der Waals surface area contributed by atoms with Crippen molar-refractivity contribution in [3.05, 3.63) is 33.9 Å². The third-order valence-electron chi connectivity index (χ3n) is 1.52. The lowest BCUT2D eigenvalue weighted by Crippen LogP contribution is -1.93. The minimum Gasteiger partial charge on any atom is -0.399 e. The molecule has 0 radical (unpaired) electrons. The molecule has 0 heterocycles. The van der Waals surface area contributed by atoms with Crippen LogP contribution >= 0.6 is 11.8 Å². The zero-order valence-corrected chi connectivity index (χ0v) is 8.00. The van der Waals surface area contributed by atoms with Crippen molar-refractivity contribution >= 4 is 23.1 Å². The largest absolute Gasteiger partial charge is 0.399 e. The normalized spacial score (nSPS) is 9.92. The Morgan fingerprint density at radius 1 is 1.54 bits per heavy atom. The summed E-state index contributed by atoms with van der Waals surface area (Å²) >= 11 is 1.61. The van der Waals surface area contributed by atoms with Crippen LogP contribution in [0.4, 0.5) is 11.4 Å². The minimum absolute atomic E-state index is 0.0593. The number of anilines is 1. The smallest absolute Gasteiger partial charge is 0.271 e. The Hall–Kier alpha value is -1.23. The van der Waals surface area contributed by atoms with Crippen LogP contribution in [0.1, 0.15) is 5.56 Å². The van der Waals surface area contributed by atoms with Crippen LogP contribution < -0.4 is 5.73 Å². The van der Waals surface area contributed by atoms with E-state index in [2.05, 4.69) is 0 Å². The van der Waals surface area contributed by atoms with Crippen molar-refractivity contribution < 1.29 is 4.92 Å². The summed E-state index contributed by atoms with van der Waals surface area (Å²) in [6.45, 7) is 0. The lowest BCUT2D eigenvalue weighted by molar-refractivity contribution is -0.384. The number of benzene rings is 1. The van der Waals surface area contributed by atoms with E-state index in [1.165, 1.54) is 6.07 Å². The molecule has 1 rings (SSSR count). The molecule has 0 aliphatic carbocycles. The van der Waals surface area contributed by atoms with E-state index in [1.54, 1.807) is 23.9 Å². The third kappa shape index (κ3) is 2.62. The Bertz CT molecular complexity index is 328. The highest BCUT2D eigenvalue weighted by Crippen LogP contribution is 2.21. The lowest BCUT2D eigenvalue weighted by Gasteiger charge is -2.00. The van der Waals surface area contributed by atoms with Crippen LogP contribution in [0, 0.1) is 10.1 Å². The van der Waals surface area contributed by atoms with E-state index in [1.807, 2.05) is 6.26 Å². The van der Waals surface area contributed by atoms with Gasteiger partial charge in [-0.3, -0.25) is 10.1 Å². The highest BCUT2D eigenvalue weighted by Gasteiger charge is 2.07. The highest BCUT2D eigenvalue weighted by atomic mass is 32.2. The number of thioether (sulfide) groups is 1. The summed E-state index contributed by atoms with van der Waals surface area (Å²) in [4.78, 5) is 10.0. The predicted octanol–water partition coefficient (Wildman–Crippen LogP) is 2.04.